The summed E-state index contributed by atoms with van der Waals surface area (Å²) >= 11 is 0. The van der Waals surface area contributed by atoms with Crippen molar-refractivity contribution in [3.63, 3.8) is 0 Å². The molecule has 9 heteroatoms. The van der Waals surface area contributed by atoms with E-state index in [4.69, 9.17) is 0 Å². The third kappa shape index (κ3) is 4.38. The van der Waals surface area contributed by atoms with Crippen LogP contribution in [0.1, 0.15) is 12.0 Å². The zero-order valence-electron chi connectivity index (χ0n) is 17.1. The molecule has 2 heterocycles. The van der Waals surface area contributed by atoms with Crippen LogP contribution in [0.4, 0.5) is 10.2 Å². The van der Waals surface area contributed by atoms with Gasteiger partial charge in [-0.2, -0.15) is 8.99 Å². The SMILES string of the molecule is Cc1ccccc1S(=O)(=O)N1CCCN(c2ccc(=O)n(-c3ccc(F)cc3)n2)CC1. The molecule has 0 amide bonds. The average Bonchev–Trinajstić information content (AvgIpc) is 3.02. The largest absolute Gasteiger partial charge is 0.354 e. The van der Waals surface area contributed by atoms with Gasteiger partial charge in [-0.1, -0.05) is 18.2 Å². The highest BCUT2D eigenvalue weighted by Crippen LogP contribution is 2.22. The Morgan fingerprint density at radius 1 is 0.903 bits per heavy atom. The minimum absolute atomic E-state index is 0.314. The monoisotopic (exact) mass is 442 g/mol. The Kier molecular flexibility index (Phi) is 5.88. The number of rotatable bonds is 4. The van der Waals surface area contributed by atoms with Crippen LogP contribution in [-0.4, -0.2) is 48.7 Å². The number of hydrogen-bond acceptors (Lipinski definition) is 5. The van der Waals surface area contributed by atoms with Crippen molar-refractivity contribution >= 4 is 15.8 Å². The van der Waals surface area contributed by atoms with Gasteiger partial charge in [0.15, 0.2) is 0 Å². The summed E-state index contributed by atoms with van der Waals surface area (Å²) in [7, 11) is -3.59. The second kappa shape index (κ2) is 8.60. The van der Waals surface area contributed by atoms with Crippen molar-refractivity contribution in [3.8, 4) is 5.69 Å². The van der Waals surface area contributed by atoms with E-state index >= 15 is 0 Å². The summed E-state index contributed by atoms with van der Waals surface area (Å²) in [5.74, 6) is 0.175. The van der Waals surface area contributed by atoms with Crippen molar-refractivity contribution in [1.29, 1.82) is 0 Å². The number of benzene rings is 2. The lowest BCUT2D eigenvalue weighted by molar-refractivity contribution is 0.432. The van der Waals surface area contributed by atoms with E-state index in [0.717, 1.165) is 5.56 Å². The predicted molar refractivity (Wildman–Crippen MR) is 117 cm³/mol. The number of aryl methyl sites for hydroxylation is 1. The van der Waals surface area contributed by atoms with Crippen molar-refractivity contribution in [2.75, 3.05) is 31.1 Å². The summed E-state index contributed by atoms with van der Waals surface area (Å²) < 4.78 is 42.2. The Morgan fingerprint density at radius 2 is 1.65 bits per heavy atom. The molecule has 1 fully saturated rings. The predicted octanol–water partition coefficient (Wildman–Crippen LogP) is 2.58. The van der Waals surface area contributed by atoms with Crippen molar-refractivity contribution in [2.24, 2.45) is 0 Å². The molecule has 2 aromatic carbocycles. The number of aromatic nitrogens is 2. The first-order valence-corrected chi connectivity index (χ1v) is 11.5. The van der Waals surface area contributed by atoms with Gasteiger partial charge in [0.2, 0.25) is 10.0 Å². The summed E-state index contributed by atoms with van der Waals surface area (Å²) in [6, 6.07) is 15.6. The van der Waals surface area contributed by atoms with Crippen molar-refractivity contribution < 1.29 is 12.8 Å². The van der Waals surface area contributed by atoms with Gasteiger partial charge in [0.05, 0.1) is 10.6 Å². The lowest BCUT2D eigenvalue weighted by Crippen LogP contribution is -2.36. The Morgan fingerprint density at radius 3 is 2.39 bits per heavy atom. The van der Waals surface area contributed by atoms with Gasteiger partial charge < -0.3 is 4.90 Å². The summed E-state index contributed by atoms with van der Waals surface area (Å²) in [4.78, 5) is 14.6. The highest BCUT2D eigenvalue weighted by atomic mass is 32.2. The normalized spacial score (nSPS) is 15.6. The van der Waals surface area contributed by atoms with Crippen LogP contribution in [0.25, 0.3) is 5.69 Å². The molecule has 1 aliphatic heterocycles. The molecule has 7 nitrogen and oxygen atoms in total. The van der Waals surface area contributed by atoms with Gasteiger partial charge in [0, 0.05) is 32.2 Å². The van der Waals surface area contributed by atoms with Crippen molar-refractivity contribution in [2.45, 2.75) is 18.2 Å². The van der Waals surface area contributed by atoms with Crippen molar-refractivity contribution in [3.05, 3.63) is 82.4 Å². The topological polar surface area (TPSA) is 75.5 Å². The first kappa shape index (κ1) is 21.2. The number of hydrogen-bond donors (Lipinski definition) is 0. The number of sulfonamides is 1. The van der Waals surface area contributed by atoms with E-state index in [1.165, 1.54) is 39.3 Å². The van der Waals surface area contributed by atoms with Gasteiger partial charge in [0.25, 0.3) is 5.56 Å². The fraction of sp³-hybridized carbons (Fsp3) is 0.273. The molecule has 0 radical (unpaired) electrons. The highest BCUT2D eigenvalue weighted by molar-refractivity contribution is 7.89. The number of halogens is 1. The van der Waals surface area contributed by atoms with Crippen LogP contribution in [0.2, 0.25) is 0 Å². The highest BCUT2D eigenvalue weighted by Gasteiger charge is 2.28. The maximum absolute atomic E-state index is 13.2. The van der Waals surface area contributed by atoms with Crippen LogP contribution in [0.3, 0.4) is 0 Å². The molecule has 0 spiro atoms. The standard InChI is InChI=1S/C22H23FN4O3S/c1-17-5-2-3-6-20(17)31(29,30)26-14-4-13-25(15-16-26)21-11-12-22(28)27(24-21)19-9-7-18(23)8-10-19/h2-3,5-12H,4,13-16H2,1H3. The smallest absolute Gasteiger partial charge is 0.271 e. The summed E-state index contributed by atoms with van der Waals surface area (Å²) in [5, 5.41) is 4.44. The van der Waals surface area contributed by atoms with Gasteiger partial charge in [-0.05, 0) is 55.3 Å². The van der Waals surface area contributed by atoms with Crippen molar-refractivity contribution in [1.82, 2.24) is 14.1 Å². The van der Waals surface area contributed by atoms with Gasteiger partial charge in [0.1, 0.15) is 11.6 Å². The molecule has 1 saturated heterocycles. The molecular weight excluding hydrogens is 419 g/mol. The maximum Gasteiger partial charge on any atom is 0.271 e. The third-order valence-electron chi connectivity index (χ3n) is 5.35. The quantitative estimate of drug-likeness (QED) is 0.621. The lowest BCUT2D eigenvalue weighted by Gasteiger charge is -2.23. The summed E-state index contributed by atoms with van der Waals surface area (Å²) in [5.41, 5.74) is 0.859. The van der Waals surface area contributed by atoms with E-state index in [1.807, 2.05) is 11.0 Å². The average molecular weight is 443 g/mol. The van der Waals surface area contributed by atoms with E-state index in [0.29, 0.717) is 49.0 Å². The summed E-state index contributed by atoms with van der Waals surface area (Å²) in [6.45, 7) is 3.56. The zero-order chi connectivity index (χ0) is 22.0. The molecule has 3 aromatic rings. The minimum atomic E-state index is -3.59. The molecule has 1 aliphatic rings. The van der Waals surface area contributed by atoms with E-state index in [1.54, 1.807) is 31.2 Å². The molecule has 1 aromatic heterocycles. The molecule has 0 saturated carbocycles. The molecule has 0 atom stereocenters. The van der Waals surface area contributed by atoms with Gasteiger partial charge >= 0.3 is 0 Å². The fourth-order valence-electron chi connectivity index (χ4n) is 3.69. The summed E-state index contributed by atoms with van der Waals surface area (Å²) in [6.07, 6.45) is 0.627. The second-order valence-corrected chi connectivity index (χ2v) is 9.33. The van der Waals surface area contributed by atoms with Crippen LogP contribution in [-0.2, 0) is 10.0 Å². The molecule has 31 heavy (non-hydrogen) atoms. The zero-order valence-corrected chi connectivity index (χ0v) is 17.9. The van der Waals surface area contributed by atoms with Gasteiger partial charge in [-0.15, -0.1) is 5.10 Å². The second-order valence-electron chi connectivity index (χ2n) is 7.43. The molecule has 0 bridgehead atoms. The molecule has 4 rings (SSSR count). The van der Waals surface area contributed by atoms with Crippen LogP contribution < -0.4 is 10.5 Å². The van der Waals surface area contributed by atoms with E-state index < -0.39 is 15.8 Å². The molecule has 0 aliphatic carbocycles. The number of anilines is 1. The van der Waals surface area contributed by atoms with Gasteiger partial charge in [-0.25, -0.2) is 12.8 Å². The van der Waals surface area contributed by atoms with Crippen LogP contribution in [0.5, 0.6) is 0 Å². The van der Waals surface area contributed by atoms with E-state index in [9.17, 15) is 17.6 Å². The lowest BCUT2D eigenvalue weighted by atomic mass is 10.2. The minimum Gasteiger partial charge on any atom is -0.354 e. The Hall–Kier alpha value is -3.04. The van der Waals surface area contributed by atoms with E-state index in [-0.39, 0.29) is 5.56 Å². The third-order valence-corrected chi connectivity index (χ3v) is 7.41. The van der Waals surface area contributed by atoms with Crippen LogP contribution in [0, 0.1) is 12.7 Å². The Bertz CT molecular complexity index is 1240. The Labute approximate surface area is 180 Å². The first-order chi connectivity index (χ1) is 14.9. The Balaban J connectivity index is 1.57. The number of nitrogens with zero attached hydrogens (tertiary/aromatic N) is 4. The fourth-order valence-corrected chi connectivity index (χ4v) is 5.38. The molecule has 0 unspecified atom stereocenters. The maximum atomic E-state index is 13.2. The first-order valence-electron chi connectivity index (χ1n) is 10.0. The van der Waals surface area contributed by atoms with Crippen LogP contribution >= 0.6 is 0 Å². The van der Waals surface area contributed by atoms with E-state index in [2.05, 4.69) is 5.10 Å². The van der Waals surface area contributed by atoms with Crippen LogP contribution in [0.15, 0.2) is 70.4 Å². The van der Waals surface area contributed by atoms with Gasteiger partial charge in [-0.3, -0.25) is 4.79 Å². The molecular formula is C22H23FN4O3S. The molecule has 162 valence electrons. The molecule has 0 N–H and O–H groups in total.